The molecule has 2 rings (SSSR count). The zero-order valence-electron chi connectivity index (χ0n) is 8.44. The fourth-order valence-corrected chi connectivity index (χ4v) is 2.38. The number of amidine groups is 1. The number of hydrogen-bond acceptors (Lipinski definition) is 4. The van der Waals surface area contributed by atoms with Crippen molar-refractivity contribution in [2.24, 2.45) is 4.99 Å². The zero-order chi connectivity index (χ0) is 10.7. The lowest BCUT2D eigenvalue weighted by molar-refractivity contribution is 0.475. The summed E-state index contributed by atoms with van der Waals surface area (Å²) >= 11 is 7.45. The number of aromatic hydroxyl groups is 1. The van der Waals surface area contributed by atoms with Crippen LogP contribution in [-0.2, 0) is 0 Å². The quantitative estimate of drug-likeness (QED) is 0.836. The van der Waals surface area contributed by atoms with Gasteiger partial charge in [0.25, 0.3) is 0 Å². The topological polar surface area (TPSA) is 44.6 Å². The number of phenols is 1. The van der Waals surface area contributed by atoms with Gasteiger partial charge >= 0.3 is 0 Å². The van der Waals surface area contributed by atoms with E-state index in [-0.39, 0.29) is 18.2 Å². The van der Waals surface area contributed by atoms with Crippen molar-refractivity contribution in [1.29, 1.82) is 0 Å². The lowest BCUT2D eigenvalue weighted by atomic mass is 10.3. The summed E-state index contributed by atoms with van der Waals surface area (Å²) in [5.41, 5.74) is 0. The Labute approximate surface area is 110 Å². The van der Waals surface area contributed by atoms with E-state index in [4.69, 9.17) is 11.6 Å². The van der Waals surface area contributed by atoms with Gasteiger partial charge in [0.15, 0.2) is 0 Å². The SMILES string of the molecule is Cl.Oc1ccc(SCC2=NCCN2)cc1Cl. The van der Waals surface area contributed by atoms with Crippen molar-refractivity contribution in [1.82, 2.24) is 5.32 Å². The van der Waals surface area contributed by atoms with Crippen molar-refractivity contribution in [3.05, 3.63) is 23.2 Å². The van der Waals surface area contributed by atoms with Gasteiger partial charge in [0.05, 0.1) is 17.3 Å². The van der Waals surface area contributed by atoms with Gasteiger partial charge in [0.2, 0.25) is 0 Å². The van der Waals surface area contributed by atoms with Crippen molar-refractivity contribution < 1.29 is 5.11 Å². The van der Waals surface area contributed by atoms with E-state index in [9.17, 15) is 5.11 Å². The van der Waals surface area contributed by atoms with Crippen LogP contribution in [0.2, 0.25) is 5.02 Å². The minimum Gasteiger partial charge on any atom is -0.506 e. The van der Waals surface area contributed by atoms with Crippen LogP contribution in [0.3, 0.4) is 0 Å². The van der Waals surface area contributed by atoms with Crippen LogP contribution in [0.4, 0.5) is 0 Å². The van der Waals surface area contributed by atoms with E-state index in [1.807, 2.05) is 6.07 Å². The van der Waals surface area contributed by atoms with Crippen LogP contribution < -0.4 is 5.32 Å². The number of aliphatic imine (C=N–C) groups is 1. The lowest BCUT2D eigenvalue weighted by Crippen LogP contribution is -2.20. The molecule has 0 unspecified atom stereocenters. The van der Waals surface area contributed by atoms with E-state index >= 15 is 0 Å². The molecule has 6 heteroatoms. The molecular weight excluding hydrogens is 267 g/mol. The first-order valence-corrected chi connectivity index (χ1v) is 6.00. The van der Waals surface area contributed by atoms with E-state index < -0.39 is 0 Å². The lowest BCUT2D eigenvalue weighted by Gasteiger charge is -2.03. The third-order valence-electron chi connectivity index (χ3n) is 2.04. The number of benzene rings is 1. The maximum absolute atomic E-state index is 9.25. The molecule has 0 saturated carbocycles. The smallest absolute Gasteiger partial charge is 0.134 e. The van der Waals surface area contributed by atoms with Crippen LogP contribution >= 0.6 is 35.8 Å². The number of nitrogens with one attached hydrogen (secondary N) is 1. The molecular formula is C10H12Cl2N2OS. The normalized spacial score (nSPS) is 13.9. The molecule has 88 valence electrons. The van der Waals surface area contributed by atoms with Crippen molar-refractivity contribution in [3.8, 4) is 5.75 Å². The summed E-state index contributed by atoms with van der Waals surface area (Å²) in [7, 11) is 0. The van der Waals surface area contributed by atoms with Gasteiger partial charge in [-0.1, -0.05) is 11.6 Å². The summed E-state index contributed by atoms with van der Waals surface area (Å²) in [6.45, 7) is 1.80. The molecule has 3 nitrogen and oxygen atoms in total. The van der Waals surface area contributed by atoms with Gasteiger partial charge in [-0.3, -0.25) is 4.99 Å². The van der Waals surface area contributed by atoms with Crippen molar-refractivity contribution in [2.75, 3.05) is 18.8 Å². The largest absolute Gasteiger partial charge is 0.506 e. The Bertz CT molecular complexity index is 398. The van der Waals surface area contributed by atoms with Gasteiger partial charge < -0.3 is 10.4 Å². The van der Waals surface area contributed by atoms with E-state index in [2.05, 4.69) is 10.3 Å². The Hall–Kier alpha value is -0.580. The molecule has 1 aliphatic rings. The average molecular weight is 279 g/mol. The van der Waals surface area contributed by atoms with E-state index in [0.717, 1.165) is 29.6 Å². The highest BCUT2D eigenvalue weighted by molar-refractivity contribution is 8.00. The van der Waals surface area contributed by atoms with Crippen LogP contribution in [0.15, 0.2) is 28.1 Å². The van der Waals surface area contributed by atoms with Gasteiger partial charge in [-0.25, -0.2) is 0 Å². The monoisotopic (exact) mass is 278 g/mol. The first kappa shape index (κ1) is 13.5. The summed E-state index contributed by atoms with van der Waals surface area (Å²) in [5.74, 6) is 1.97. The third kappa shape index (κ3) is 3.47. The Balaban J connectivity index is 0.00000128. The van der Waals surface area contributed by atoms with E-state index in [0.29, 0.717) is 5.02 Å². The Morgan fingerprint density at radius 3 is 2.94 bits per heavy atom. The van der Waals surface area contributed by atoms with Crippen molar-refractivity contribution in [2.45, 2.75) is 4.90 Å². The molecule has 0 saturated heterocycles. The summed E-state index contributed by atoms with van der Waals surface area (Å²) in [6.07, 6.45) is 0. The van der Waals surface area contributed by atoms with Crippen molar-refractivity contribution >= 4 is 41.6 Å². The zero-order valence-corrected chi connectivity index (χ0v) is 10.8. The van der Waals surface area contributed by atoms with Crippen LogP contribution in [0.25, 0.3) is 0 Å². The van der Waals surface area contributed by atoms with Crippen LogP contribution in [0.5, 0.6) is 5.75 Å². The summed E-state index contributed by atoms with van der Waals surface area (Å²) in [5, 5.41) is 12.8. The third-order valence-corrected chi connectivity index (χ3v) is 3.35. The molecule has 0 bridgehead atoms. The second-order valence-electron chi connectivity index (χ2n) is 3.16. The second kappa shape index (κ2) is 6.23. The number of phenolic OH excluding ortho intramolecular Hbond substituents is 1. The maximum Gasteiger partial charge on any atom is 0.134 e. The highest BCUT2D eigenvalue weighted by atomic mass is 35.5. The molecule has 16 heavy (non-hydrogen) atoms. The molecule has 0 spiro atoms. The minimum absolute atomic E-state index is 0. The number of nitrogens with zero attached hydrogens (tertiary/aromatic N) is 1. The number of halogens is 2. The molecule has 1 aromatic carbocycles. The standard InChI is InChI=1S/C10H11ClN2OS.ClH/c11-8-5-7(1-2-9(8)14)15-6-10-12-3-4-13-10;/h1-2,5,14H,3-4,6H2,(H,12,13);1H. The van der Waals surface area contributed by atoms with Crippen LogP contribution in [-0.4, -0.2) is 29.8 Å². The van der Waals surface area contributed by atoms with Gasteiger partial charge in [-0.05, 0) is 18.2 Å². The van der Waals surface area contributed by atoms with Gasteiger partial charge in [0, 0.05) is 11.4 Å². The number of thioether (sulfide) groups is 1. The number of hydrogen-bond donors (Lipinski definition) is 2. The molecule has 0 atom stereocenters. The first-order valence-electron chi connectivity index (χ1n) is 4.64. The van der Waals surface area contributed by atoms with Crippen LogP contribution in [0.1, 0.15) is 0 Å². The summed E-state index contributed by atoms with van der Waals surface area (Å²) in [4.78, 5) is 5.33. The number of rotatable bonds is 3. The first-order chi connectivity index (χ1) is 7.25. The molecule has 1 aliphatic heterocycles. The Morgan fingerprint density at radius 1 is 1.50 bits per heavy atom. The Kier molecular flexibility index (Phi) is 5.25. The highest BCUT2D eigenvalue weighted by Crippen LogP contribution is 2.28. The molecule has 1 heterocycles. The predicted octanol–water partition coefficient (Wildman–Crippen LogP) is 2.56. The molecule has 1 aromatic rings. The molecule has 2 N–H and O–H groups in total. The molecule has 0 radical (unpaired) electrons. The minimum atomic E-state index is 0. The van der Waals surface area contributed by atoms with Crippen molar-refractivity contribution in [3.63, 3.8) is 0 Å². The average Bonchev–Trinajstić information content (AvgIpc) is 2.73. The Morgan fingerprint density at radius 2 is 2.31 bits per heavy atom. The summed E-state index contributed by atoms with van der Waals surface area (Å²) < 4.78 is 0. The fraction of sp³-hybridized carbons (Fsp3) is 0.300. The molecule has 0 aliphatic carbocycles. The van der Waals surface area contributed by atoms with Gasteiger partial charge in [0.1, 0.15) is 11.6 Å². The molecule has 0 fully saturated rings. The summed E-state index contributed by atoms with van der Waals surface area (Å²) in [6, 6.07) is 5.22. The maximum atomic E-state index is 9.25. The second-order valence-corrected chi connectivity index (χ2v) is 4.61. The highest BCUT2D eigenvalue weighted by Gasteiger charge is 2.06. The van der Waals surface area contributed by atoms with Gasteiger partial charge in [-0.2, -0.15) is 0 Å². The predicted molar refractivity (Wildman–Crippen MR) is 71.4 cm³/mol. The molecule has 0 amide bonds. The van der Waals surface area contributed by atoms with Gasteiger partial charge in [-0.15, -0.1) is 24.2 Å². The van der Waals surface area contributed by atoms with E-state index in [1.54, 1.807) is 23.9 Å². The molecule has 0 aromatic heterocycles. The fourth-order valence-electron chi connectivity index (χ4n) is 1.27. The van der Waals surface area contributed by atoms with E-state index in [1.165, 1.54) is 0 Å². The van der Waals surface area contributed by atoms with Crippen LogP contribution in [0, 0.1) is 0 Å².